The van der Waals surface area contributed by atoms with Crippen LogP contribution in [0.1, 0.15) is 51.6 Å². The molecule has 0 radical (unpaired) electrons. The third-order valence-corrected chi connectivity index (χ3v) is 4.61. The van der Waals surface area contributed by atoms with E-state index in [4.69, 9.17) is 5.73 Å². The molecule has 2 nitrogen and oxygen atoms in total. The van der Waals surface area contributed by atoms with Gasteiger partial charge in [-0.05, 0) is 48.8 Å². The van der Waals surface area contributed by atoms with Crippen molar-refractivity contribution in [2.75, 3.05) is 18.0 Å². The maximum atomic E-state index is 6.06. The first-order valence-corrected chi connectivity index (χ1v) is 7.72. The van der Waals surface area contributed by atoms with Gasteiger partial charge in [-0.3, -0.25) is 0 Å². The normalized spacial score (nSPS) is 18.9. The summed E-state index contributed by atoms with van der Waals surface area (Å²) in [5.41, 5.74) is 8.67. The molecule has 2 rings (SSSR count). The Morgan fingerprint density at radius 1 is 1.16 bits per heavy atom. The van der Waals surface area contributed by atoms with Crippen molar-refractivity contribution in [3.05, 3.63) is 29.8 Å². The predicted molar refractivity (Wildman–Crippen MR) is 83.4 cm³/mol. The fourth-order valence-electron chi connectivity index (χ4n) is 2.99. The first-order valence-electron chi connectivity index (χ1n) is 7.72. The summed E-state index contributed by atoms with van der Waals surface area (Å²) in [6.45, 7) is 9.22. The number of rotatable bonds is 4. The molecule has 2 N–H and O–H groups in total. The third-order valence-electron chi connectivity index (χ3n) is 4.61. The molecular formula is C17H28N2. The molecule has 1 aromatic rings. The van der Waals surface area contributed by atoms with E-state index in [1.54, 1.807) is 0 Å². The van der Waals surface area contributed by atoms with E-state index in [0.717, 1.165) is 18.3 Å². The highest BCUT2D eigenvalue weighted by Gasteiger charge is 2.21. The second-order valence-electron chi connectivity index (χ2n) is 6.17. The Kier molecular flexibility index (Phi) is 4.87. The minimum atomic E-state index is 0.181. The van der Waals surface area contributed by atoms with Gasteiger partial charge in [-0.1, -0.05) is 32.9 Å². The number of nitrogens with zero attached hydrogens (tertiary/aromatic N) is 1. The molecule has 0 unspecified atom stereocenters. The smallest absolute Gasteiger partial charge is 0.0366 e. The Balaban J connectivity index is 1.96. The number of piperidine rings is 1. The highest BCUT2D eigenvalue weighted by molar-refractivity contribution is 5.48. The molecule has 0 saturated carbocycles. The molecule has 0 aliphatic carbocycles. The molecule has 1 fully saturated rings. The summed E-state index contributed by atoms with van der Waals surface area (Å²) in [5, 5.41) is 0. The summed E-state index contributed by atoms with van der Waals surface area (Å²) >= 11 is 0. The van der Waals surface area contributed by atoms with Crippen molar-refractivity contribution >= 4 is 5.69 Å². The summed E-state index contributed by atoms with van der Waals surface area (Å²) < 4.78 is 0. The molecule has 0 amide bonds. The zero-order valence-electron chi connectivity index (χ0n) is 12.6. The lowest BCUT2D eigenvalue weighted by atomic mass is 9.86. The van der Waals surface area contributed by atoms with Crippen LogP contribution < -0.4 is 10.6 Å². The van der Waals surface area contributed by atoms with Crippen molar-refractivity contribution < 1.29 is 0 Å². The molecule has 19 heavy (non-hydrogen) atoms. The lowest BCUT2D eigenvalue weighted by molar-refractivity contribution is 0.311. The fraction of sp³-hybridized carbons (Fsp3) is 0.647. The van der Waals surface area contributed by atoms with Crippen molar-refractivity contribution in [3.63, 3.8) is 0 Å². The molecule has 1 atom stereocenters. The minimum Gasteiger partial charge on any atom is -0.372 e. The van der Waals surface area contributed by atoms with E-state index in [1.807, 2.05) is 0 Å². The summed E-state index contributed by atoms with van der Waals surface area (Å²) in [7, 11) is 0. The van der Waals surface area contributed by atoms with Crippen molar-refractivity contribution in [2.24, 2.45) is 17.6 Å². The Morgan fingerprint density at radius 2 is 1.74 bits per heavy atom. The number of nitrogens with two attached hydrogens (primary N) is 1. The van der Waals surface area contributed by atoms with E-state index in [-0.39, 0.29) is 6.04 Å². The van der Waals surface area contributed by atoms with Gasteiger partial charge < -0.3 is 10.6 Å². The molecule has 1 heterocycles. The van der Waals surface area contributed by atoms with Gasteiger partial charge >= 0.3 is 0 Å². The van der Waals surface area contributed by atoms with Crippen molar-refractivity contribution in [1.29, 1.82) is 0 Å². The van der Waals surface area contributed by atoms with Gasteiger partial charge in [0.05, 0.1) is 0 Å². The van der Waals surface area contributed by atoms with Gasteiger partial charge in [0.15, 0.2) is 0 Å². The molecule has 1 aliphatic rings. The van der Waals surface area contributed by atoms with Crippen LogP contribution in [0.25, 0.3) is 0 Å². The van der Waals surface area contributed by atoms with Crippen molar-refractivity contribution in [1.82, 2.24) is 0 Å². The molecule has 1 aromatic carbocycles. The SMILES string of the molecule is CC[C@@H](N)c1ccc(N2CCC(C(C)C)CC2)cc1. The van der Waals surface area contributed by atoms with Crippen LogP contribution in [0, 0.1) is 11.8 Å². The molecular weight excluding hydrogens is 232 g/mol. The van der Waals surface area contributed by atoms with Gasteiger partial charge in [0.25, 0.3) is 0 Å². The number of anilines is 1. The van der Waals surface area contributed by atoms with Crippen LogP contribution >= 0.6 is 0 Å². The summed E-state index contributed by atoms with van der Waals surface area (Å²) in [6, 6.07) is 9.04. The van der Waals surface area contributed by atoms with Crippen LogP contribution in [-0.2, 0) is 0 Å². The Bertz CT molecular complexity index is 375. The summed E-state index contributed by atoms with van der Waals surface area (Å²) in [5.74, 6) is 1.73. The lowest BCUT2D eigenvalue weighted by Crippen LogP contribution is -2.35. The molecule has 0 spiro atoms. The second-order valence-corrected chi connectivity index (χ2v) is 6.17. The van der Waals surface area contributed by atoms with Gasteiger partial charge in [0, 0.05) is 24.8 Å². The largest absolute Gasteiger partial charge is 0.372 e. The summed E-state index contributed by atoms with van der Waals surface area (Å²) in [6.07, 6.45) is 3.65. The average molecular weight is 260 g/mol. The fourth-order valence-corrected chi connectivity index (χ4v) is 2.99. The van der Waals surface area contributed by atoms with E-state index in [9.17, 15) is 0 Å². The second kappa shape index (κ2) is 6.42. The van der Waals surface area contributed by atoms with Gasteiger partial charge in [-0.25, -0.2) is 0 Å². The lowest BCUT2D eigenvalue weighted by Gasteiger charge is -2.35. The minimum absolute atomic E-state index is 0.181. The van der Waals surface area contributed by atoms with E-state index >= 15 is 0 Å². The molecule has 106 valence electrons. The van der Waals surface area contributed by atoms with Crippen molar-refractivity contribution in [2.45, 2.75) is 46.1 Å². The molecule has 0 aromatic heterocycles. The zero-order valence-corrected chi connectivity index (χ0v) is 12.6. The predicted octanol–water partition coefficient (Wildman–Crippen LogP) is 3.97. The number of hydrogen-bond donors (Lipinski definition) is 1. The maximum Gasteiger partial charge on any atom is 0.0366 e. The average Bonchev–Trinajstić information content (AvgIpc) is 2.46. The standard InChI is InChI=1S/C17H28N2/c1-4-17(18)15-5-7-16(8-6-15)19-11-9-14(10-12-19)13(2)3/h5-8,13-14,17H,4,9-12,18H2,1-3H3/t17-/m1/s1. The first-order chi connectivity index (χ1) is 9.11. The van der Waals surface area contributed by atoms with Crippen molar-refractivity contribution in [3.8, 4) is 0 Å². The van der Waals surface area contributed by atoms with E-state index in [2.05, 4.69) is 49.9 Å². The monoisotopic (exact) mass is 260 g/mol. The Hall–Kier alpha value is -1.02. The number of benzene rings is 1. The zero-order chi connectivity index (χ0) is 13.8. The molecule has 1 saturated heterocycles. The highest BCUT2D eigenvalue weighted by Crippen LogP contribution is 2.28. The molecule has 1 aliphatic heterocycles. The third kappa shape index (κ3) is 3.50. The van der Waals surface area contributed by atoms with E-state index in [1.165, 1.54) is 37.2 Å². The molecule has 2 heteroatoms. The van der Waals surface area contributed by atoms with Gasteiger partial charge in [-0.15, -0.1) is 0 Å². The van der Waals surface area contributed by atoms with Crippen LogP contribution in [0.4, 0.5) is 5.69 Å². The van der Waals surface area contributed by atoms with Gasteiger partial charge in [0.1, 0.15) is 0 Å². The Labute approximate surface area is 118 Å². The topological polar surface area (TPSA) is 29.3 Å². The van der Waals surface area contributed by atoms with Crippen LogP contribution in [0.15, 0.2) is 24.3 Å². The first kappa shape index (κ1) is 14.4. The van der Waals surface area contributed by atoms with Gasteiger partial charge in [-0.2, -0.15) is 0 Å². The van der Waals surface area contributed by atoms with E-state index < -0.39 is 0 Å². The van der Waals surface area contributed by atoms with Gasteiger partial charge in [0.2, 0.25) is 0 Å². The van der Waals surface area contributed by atoms with E-state index in [0.29, 0.717) is 0 Å². The van der Waals surface area contributed by atoms with Crippen LogP contribution in [0.2, 0.25) is 0 Å². The molecule has 0 bridgehead atoms. The maximum absolute atomic E-state index is 6.06. The van der Waals surface area contributed by atoms with Crippen LogP contribution in [0.5, 0.6) is 0 Å². The summed E-state index contributed by atoms with van der Waals surface area (Å²) in [4.78, 5) is 2.51. The van der Waals surface area contributed by atoms with Crippen LogP contribution in [-0.4, -0.2) is 13.1 Å². The Morgan fingerprint density at radius 3 is 2.21 bits per heavy atom. The number of hydrogen-bond acceptors (Lipinski definition) is 2. The quantitative estimate of drug-likeness (QED) is 0.887. The highest BCUT2D eigenvalue weighted by atomic mass is 15.1. The van der Waals surface area contributed by atoms with Crippen LogP contribution in [0.3, 0.4) is 0 Å².